The molecule has 3 aromatic rings. The molecule has 1 atom stereocenters. The average molecular weight is 469 g/mol. The molecule has 5 rings (SSSR count). The number of hydrogen-bond donors (Lipinski definition) is 3. The van der Waals surface area contributed by atoms with Gasteiger partial charge in [-0.25, -0.2) is 15.0 Å². The molecule has 4 heterocycles. The summed E-state index contributed by atoms with van der Waals surface area (Å²) >= 11 is 7.79. The smallest absolute Gasteiger partial charge is 0.158 e. The lowest BCUT2D eigenvalue weighted by Crippen LogP contribution is -2.44. The Hall–Kier alpha value is -2.62. The molecule has 0 amide bonds. The highest BCUT2D eigenvalue weighted by Crippen LogP contribution is 2.50. The van der Waals surface area contributed by atoms with Gasteiger partial charge in [-0.15, -0.1) is 0 Å². The number of aromatic nitrogens is 4. The molecule has 1 aliphatic heterocycles. The maximum absolute atomic E-state index is 6.66. The van der Waals surface area contributed by atoms with Crippen LogP contribution < -0.4 is 21.7 Å². The fourth-order valence-corrected chi connectivity index (χ4v) is 5.82. The number of nitrogen functional groups attached to an aromatic ring is 1. The van der Waals surface area contributed by atoms with E-state index in [9.17, 15) is 0 Å². The Morgan fingerprint density at radius 1 is 1.19 bits per heavy atom. The van der Waals surface area contributed by atoms with E-state index in [1.165, 1.54) is 17.3 Å². The van der Waals surface area contributed by atoms with Crippen LogP contribution >= 0.6 is 23.4 Å². The summed E-state index contributed by atoms with van der Waals surface area (Å²) in [5, 5.41) is 4.13. The van der Waals surface area contributed by atoms with Crippen molar-refractivity contribution in [1.29, 1.82) is 0 Å². The molecule has 2 aliphatic rings. The number of pyridine rings is 2. The second-order valence-electron chi connectivity index (χ2n) is 8.29. The number of rotatable bonds is 4. The third kappa shape index (κ3) is 3.64. The minimum absolute atomic E-state index is 0.0379. The fourth-order valence-electron chi connectivity index (χ4n) is 4.72. The van der Waals surface area contributed by atoms with Crippen LogP contribution in [-0.4, -0.2) is 40.1 Å². The maximum Gasteiger partial charge on any atom is 0.158 e. The summed E-state index contributed by atoms with van der Waals surface area (Å²) in [4.78, 5) is 21.0. The van der Waals surface area contributed by atoms with Gasteiger partial charge >= 0.3 is 0 Å². The molecule has 5 N–H and O–H groups in total. The largest absolute Gasteiger partial charge is 0.381 e. The molecule has 3 aromatic heterocycles. The topological polar surface area (TPSA) is 119 Å². The van der Waals surface area contributed by atoms with E-state index >= 15 is 0 Å². The maximum atomic E-state index is 6.66. The SMILES string of the molecule is CNc1nccc(Sc2ncc(N3CCC4(CC3)Cc3ncccc3[C@H]4N)nc2N)c1Cl. The van der Waals surface area contributed by atoms with E-state index in [4.69, 9.17) is 23.1 Å². The number of halogens is 1. The zero-order valence-corrected chi connectivity index (χ0v) is 19.3. The predicted molar refractivity (Wildman–Crippen MR) is 128 cm³/mol. The number of nitrogens with zero attached hydrogens (tertiary/aromatic N) is 5. The molecule has 10 heteroatoms. The van der Waals surface area contributed by atoms with E-state index in [0.717, 1.165) is 48.8 Å². The number of piperidine rings is 1. The molecule has 0 aromatic carbocycles. The lowest BCUT2D eigenvalue weighted by atomic mass is 9.73. The first kappa shape index (κ1) is 21.2. The van der Waals surface area contributed by atoms with Crippen LogP contribution in [0.5, 0.6) is 0 Å². The van der Waals surface area contributed by atoms with Crippen LogP contribution in [0, 0.1) is 5.41 Å². The summed E-state index contributed by atoms with van der Waals surface area (Å²) in [6.45, 7) is 1.73. The fraction of sp³-hybridized carbons (Fsp3) is 0.364. The minimum Gasteiger partial charge on any atom is -0.381 e. The first-order valence-corrected chi connectivity index (χ1v) is 11.8. The van der Waals surface area contributed by atoms with E-state index in [2.05, 4.69) is 36.2 Å². The second kappa shape index (κ2) is 8.38. The molecule has 1 spiro atoms. The Morgan fingerprint density at radius 3 is 2.72 bits per heavy atom. The lowest BCUT2D eigenvalue weighted by molar-refractivity contribution is 0.186. The van der Waals surface area contributed by atoms with E-state index < -0.39 is 0 Å². The first-order chi connectivity index (χ1) is 15.5. The molecule has 32 heavy (non-hydrogen) atoms. The molecule has 8 nitrogen and oxygen atoms in total. The molecular formula is C22H25ClN8S. The van der Waals surface area contributed by atoms with Crippen molar-refractivity contribution >= 4 is 40.8 Å². The summed E-state index contributed by atoms with van der Waals surface area (Å²) in [6.07, 6.45) is 8.27. The molecule has 1 saturated heterocycles. The highest BCUT2D eigenvalue weighted by atomic mass is 35.5. The Bertz CT molecular complexity index is 1150. The second-order valence-corrected chi connectivity index (χ2v) is 9.69. The molecule has 1 aliphatic carbocycles. The summed E-state index contributed by atoms with van der Waals surface area (Å²) in [7, 11) is 1.78. The van der Waals surface area contributed by atoms with Gasteiger partial charge in [0.2, 0.25) is 0 Å². The van der Waals surface area contributed by atoms with Crippen LogP contribution in [-0.2, 0) is 6.42 Å². The van der Waals surface area contributed by atoms with Gasteiger partial charge in [-0.1, -0.05) is 29.4 Å². The highest BCUT2D eigenvalue weighted by molar-refractivity contribution is 7.99. The number of nitrogens with one attached hydrogen (secondary N) is 1. The van der Waals surface area contributed by atoms with E-state index in [1.807, 2.05) is 18.3 Å². The van der Waals surface area contributed by atoms with Gasteiger partial charge in [-0.3, -0.25) is 4.98 Å². The summed E-state index contributed by atoms with van der Waals surface area (Å²) in [5.74, 6) is 1.80. The van der Waals surface area contributed by atoms with E-state index in [1.54, 1.807) is 19.4 Å². The summed E-state index contributed by atoms with van der Waals surface area (Å²) in [6, 6.07) is 5.97. The number of hydrogen-bond acceptors (Lipinski definition) is 9. The van der Waals surface area contributed by atoms with Crippen molar-refractivity contribution in [1.82, 2.24) is 19.9 Å². The lowest BCUT2D eigenvalue weighted by Gasteiger charge is -2.42. The summed E-state index contributed by atoms with van der Waals surface area (Å²) < 4.78 is 0. The van der Waals surface area contributed by atoms with Crippen molar-refractivity contribution in [3.8, 4) is 0 Å². The molecule has 0 bridgehead atoms. The third-order valence-electron chi connectivity index (χ3n) is 6.57. The van der Waals surface area contributed by atoms with Crippen molar-refractivity contribution in [3.05, 3.63) is 53.1 Å². The van der Waals surface area contributed by atoms with Crippen molar-refractivity contribution in [2.45, 2.75) is 35.2 Å². The molecule has 0 saturated carbocycles. The zero-order valence-electron chi connectivity index (χ0n) is 17.8. The number of fused-ring (bicyclic) bond motifs is 1. The van der Waals surface area contributed by atoms with Gasteiger partial charge in [0.25, 0.3) is 0 Å². The van der Waals surface area contributed by atoms with Crippen LogP contribution in [0.3, 0.4) is 0 Å². The Labute approximate surface area is 196 Å². The van der Waals surface area contributed by atoms with Gasteiger partial charge in [0.15, 0.2) is 5.82 Å². The zero-order chi connectivity index (χ0) is 22.3. The van der Waals surface area contributed by atoms with Crippen molar-refractivity contribution < 1.29 is 0 Å². The number of anilines is 3. The third-order valence-corrected chi connectivity index (χ3v) is 8.13. The Balaban J connectivity index is 1.29. The highest BCUT2D eigenvalue weighted by Gasteiger charge is 2.46. The Kier molecular flexibility index (Phi) is 5.56. The van der Waals surface area contributed by atoms with Crippen LogP contribution in [0.25, 0.3) is 0 Å². The van der Waals surface area contributed by atoms with Crippen molar-refractivity contribution in [3.63, 3.8) is 0 Å². The minimum atomic E-state index is 0.0379. The predicted octanol–water partition coefficient (Wildman–Crippen LogP) is 3.54. The van der Waals surface area contributed by atoms with Gasteiger partial charge in [0.1, 0.15) is 16.7 Å². The van der Waals surface area contributed by atoms with Gasteiger partial charge in [0.05, 0.1) is 11.2 Å². The van der Waals surface area contributed by atoms with Crippen molar-refractivity contribution in [2.24, 2.45) is 11.1 Å². The van der Waals surface area contributed by atoms with Crippen LogP contribution in [0.15, 0.2) is 46.7 Å². The molecule has 0 unspecified atom stereocenters. The molecule has 1 fully saturated rings. The average Bonchev–Trinajstić information content (AvgIpc) is 3.08. The van der Waals surface area contributed by atoms with Gasteiger partial charge in [0, 0.05) is 49.2 Å². The molecular weight excluding hydrogens is 444 g/mol. The monoisotopic (exact) mass is 468 g/mol. The van der Waals surface area contributed by atoms with Crippen molar-refractivity contribution in [2.75, 3.05) is 36.1 Å². The normalized spacial score (nSPS) is 19.2. The van der Waals surface area contributed by atoms with Gasteiger partial charge < -0.3 is 21.7 Å². The van der Waals surface area contributed by atoms with E-state index in [0.29, 0.717) is 21.7 Å². The summed E-state index contributed by atoms with van der Waals surface area (Å²) in [5.41, 5.74) is 15.3. The molecule has 166 valence electrons. The van der Waals surface area contributed by atoms with Gasteiger partial charge in [-0.05, 0) is 42.4 Å². The number of nitrogens with two attached hydrogens (primary N) is 2. The molecule has 0 radical (unpaired) electrons. The van der Waals surface area contributed by atoms with E-state index in [-0.39, 0.29) is 11.5 Å². The quantitative estimate of drug-likeness (QED) is 0.528. The van der Waals surface area contributed by atoms with Gasteiger partial charge in [-0.2, -0.15) is 0 Å². The standard InChI is InChI=1S/C22H25ClN8S/c1-26-20-17(23)15(4-8-28-20)32-21-19(25)30-16(12-29-21)31-9-5-22(6-10-31)11-14-13(18(22)24)3-2-7-27-14/h2-4,7-8,12,18H,5-6,9-11,24H2,1H3,(H2,25,30)(H,26,28)/t18-/m1/s1. The van der Waals surface area contributed by atoms with Crippen LogP contribution in [0.2, 0.25) is 5.02 Å². The van der Waals surface area contributed by atoms with Crippen LogP contribution in [0.4, 0.5) is 17.5 Å². The Morgan fingerprint density at radius 2 is 2.00 bits per heavy atom. The van der Waals surface area contributed by atoms with Crippen LogP contribution in [0.1, 0.15) is 30.1 Å². The first-order valence-electron chi connectivity index (χ1n) is 10.6.